The number of benzene rings is 1. The summed E-state index contributed by atoms with van der Waals surface area (Å²) < 4.78 is 30.8. The molecule has 1 aromatic carbocycles. The van der Waals surface area contributed by atoms with Crippen molar-refractivity contribution in [1.29, 1.82) is 0 Å². The Kier molecular flexibility index (Phi) is 6.01. The number of hydrogen-bond donors (Lipinski definition) is 0. The molecule has 0 radical (unpaired) electrons. The molecule has 0 atom stereocenters. The second-order valence-electron chi connectivity index (χ2n) is 9.54. The van der Waals surface area contributed by atoms with Gasteiger partial charge in [0.15, 0.2) is 5.65 Å². The average Bonchev–Trinajstić information content (AvgIpc) is 3.24. The first-order valence-electron chi connectivity index (χ1n) is 12.0. The summed E-state index contributed by atoms with van der Waals surface area (Å²) in [4.78, 5) is 7.63. The van der Waals surface area contributed by atoms with Crippen molar-refractivity contribution in [1.82, 2.24) is 23.8 Å². The average molecular weight is 468 g/mol. The predicted molar refractivity (Wildman–Crippen MR) is 130 cm³/mol. The zero-order chi connectivity index (χ0) is 23.2. The van der Waals surface area contributed by atoms with Gasteiger partial charge in [-0.2, -0.15) is 9.40 Å². The summed E-state index contributed by atoms with van der Waals surface area (Å²) >= 11 is 0. The molecular weight excluding hydrogens is 434 g/mol. The van der Waals surface area contributed by atoms with Crippen LogP contribution in [-0.2, 0) is 10.0 Å². The fourth-order valence-electron chi connectivity index (χ4n) is 5.39. The smallest absolute Gasteiger partial charge is 0.243 e. The van der Waals surface area contributed by atoms with Gasteiger partial charge in [-0.1, -0.05) is 18.6 Å². The predicted octanol–water partition coefficient (Wildman–Crippen LogP) is 3.96. The van der Waals surface area contributed by atoms with Crippen LogP contribution in [0.5, 0.6) is 0 Å². The van der Waals surface area contributed by atoms with E-state index in [9.17, 15) is 8.42 Å². The van der Waals surface area contributed by atoms with Crippen molar-refractivity contribution in [3.05, 3.63) is 47.4 Å². The summed E-state index contributed by atoms with van der Waals surface area (Å²) in [5, 5.41) is 4.48. The van der Waals surface area contributed by atoms with E-state index in [1.807, 2.05) is 43.5 Å². The van der Waals surface area contributed by atoms with Gasteiger partial charge in [-0.15, -0.1) is 0 Å². The molecule has 0 aliphatic carbocycles. The lowest BCUT2D eigenvalue weighted by molar-refractivity contribution is 0.118. The monoisotopic (exact) mass is 467 g/mol. The molecule has 0 amide bonds. The Morgan fingerprint density at radius 1 is 0.939 bits per heavy atom. The molecule has 2 saturated heterocycles. The standard InChI is InChI=1S/C25H33N5O2S/c1-18-7-8-21(23-17-26-30-20(3)15-19(2)27-25(23)30)16-24(18)33(31,32)29-13-9-22(10-14-29)28-11-5-4-6-12-28/h7-8,15-17,22H,4-6,9-14H2,1-3H3. The van der Waals surface area contributed by atoms with Crippen LogP contribution < -0.4 is 0 Å². The topological polar surface area (TPSA) is 70.8 Å². The number of piperidine rings is 2. The molecule has 3 aromatic rings. The molecule has 8 heteroatoms. The Morgan fingerprint density at radius 3 is 2.39 bits per heavy atom. The van der Waals surface area contributed by atoms with Gasteiger partial charge in [0.1, 0.15) is 0 Å². The lowest BCUT2D eigenvalue weighted by Gasteiger charge is -2.39. The first-order valence-corrected chi connectivity index (χ1v) is 13.5. The molecule has 33 heavy (non-hydrogen) atoms. The number of sulfonamides is 1. The van der Waals surface area contributed by atoms with Gasteiger partial charge in [-0.05, 0) is 82.8 Å². The molecule has 176 valence electrons. The summed E-state index contributed by atoms with van der Waals surface area (Å²) in [5.41, 5.74) is 5.12. The van der Waals surface area contributed by atoms with Crippen LogP contribution in [-0.4, -0.2) is 64.4 Å². The lowest BCUT2D eigenvalue weighted by Crippen LogP contribution is -2.48. The number of likely N-dealkylation sites (tertiary alicyclic amines) is 1. The van der Waals surface area contributed by atoms with Crippen LogP contribution in [0, 0.1) is 20.8 Å². The van der Waals surface area contributed by atoms with Crippen molar-refractivity contribution < 1.29 is 8.42 Å². The van der Waals surface area contributed by atoms with Gasteiger partial charge in [0.25, 0.3) is 0 Å². The molecular formula is C25H33N5O2S. The Labute approximate surface area is 196 Å². The Morgan fingerprint density at radius 2 is 1.67 bits per heavy atom. The number of nitrogens with zero attached hydrogens (tertiary/aromatic N) is 5. The maximum absolute atomic E-state index is 13.7. The normalized spacial score (nSPS) is 19.4. The van der Waals surface area contributed by atoms with E-state index >= 15 is 0 Å². The molecule has 0 N–H and O–H groups in total. The molecule has 0 spiro atoms. The van der Waals surface area contributed by atoms with Crippen LogP contribution >= 0.6 is 0 Å². The van der Waals surface area contributed by atoms with E-state index in [2.05, 4.69) is 15.0 Å². The zero-order valence-corrected chi connectivity index (χ0v) is 20.6. The van der Waals surface area contributed by atoms with Crippen LogP contribution in [0.2, 0.25) is 0 Å². The van der Waals surface area contributed by atoms with Crippen molar-refractivity contribution in [3.8, 4) is 11.1 Å². The van der Waals surface area contributed by atoms with Gasteiger partial charge in [-0.3, -0.25) is 0 Å². The van der Waals surface area contributed by atoms with Gasteiger partial charge >= 0.3 is 0 Å². The largest absolute Gasteiger partial charge is 0.300 e. The summed E-state index contributed by atoms with van der Waals surface area (Å²) in [6.07, 6.45) is 7.45. The lowest BCUT2D eigenvalue weighted by atomic mass is 10.0. The third kappa shape index (κ3) is 4.20. The Balaban J connectivity index is 1.42. The number of aryl methyl sites for hydroxylation is 3. The Hall–Kier alpha value is -2.29. The zero-order valence-electron chi connectivity index (χ0n) is 19.8. The first-order chi connectivity index (χ1) is 15.8. The fraction of sp³-hybridized carbons (Fsp3) is 0.520. The van der Waals surface area contributed by atoms with E-state index in [0.717, 1.165) is 59.7 Å². The van der Waals surface area contributed by atoms with E-state index in [4.69, 9.17) is 0 Å². The molecule has 2 aliphatic rings. The SMILES string of the molecule is Cc1cc(C)n2ncc(-c3ccc(C)c(S(=O)(=O)N4CCC(N5CCCCC5)CC4)c3)c2n1. The molecule has 7 nitrogen and oxygen atoms in total. The molecule has 0 saturated carbocycles. The van der Waals surface area contributed by atoms with Crippen molar-refractivity contribution in [2.75, 3.05) is 26.2 Å². The van der Waals surface area contributed by atoms with Crippen molar-refractivity contribution in [3.63, 3.8) is 0 Å². The van der Waals surface area contributed by atoms with E-state index in [-0.39, 0.29) is 0 Å². The highest BCUT2D eigenvalue weighted by Crippen LogP contribution is 2.31. The van der Waals surface area contributed by atoms with E-state index in [1.165, 1.54) is 19.3 Å². The van der Waals surface area contributed by atoms with Crippen molar-refractivity contribution in [2.45, 2.75) is 63.8 Å². The summed E-state index contributed by atoms with van der Waals surface area (Å²) in [6.45, 7) is 9.32. The quantitative estimate of drug-likeness (QED) is 0.581. The molecule has 2 aromatic heterocycles. The minimum Gasteiger partial charge on any atom is -0.300 e. The van der Waals surface area contributed by atoms with Gasteiger partial charge in [0.05, 0.1) is 11.1 Å². The molecule has 0 unspecified atom stereocenters. The minimum absolute atomic E-state index is 0.389. The van der Waals surface area contributed by atoms with Gasteiger partial charge in [0.2, 0.25) is 10.0 Å². The van der Waals surface area contributed by atoms with Gasteiger partial charge in [0, 0.05) is 36.1 Å². The van der Waals surface area contributed by atoms with Crippen LogP contribution in [0.3, 0.4) is 0 Å². The summed E-state index contributed by atoms with van der Waals surface area (Å²) in [6, 6.07) is 8.17. The highest BCUT2D eigenvalue weighted by atomic mass is 32.2. The third-order valence-corrected chi connectivity index (χ3v) is 9.27. The summed E-state index contributed by atoms with van der Waals surface area (Å²) in [5.74, 6) is 0. The number of aromatic nitrogens is 3. The van der Waals surface area contributed by atoms with E-state index in [0.29, 0.717) is 24.0 Å². The third-order valence-electron chi connectivity index (χ3n) is 7.23. The maximum atomic E-state index is 13.7. The maximum Gasteiger partial charge on any atom is 0.243 e. The van der Waals surface area contributed by atoms with Crippen LogP contribution in [0.4, 0.5) is 0 Å². The molecule has 0 bridgehead atoms. The minimum atomic E-state index is -3.56. The first kappa shape index (κ1) is 22.5. The molecule has 5 rings (SSSR count). The van der Waals surface area contributed by atoms with Crippen LogP contribution in [0.15, 0.2) is 35.4 Å². The van der Waals surface area contributed by atoms with Gasteiger partial charge < -0.3 is 4.90 Å². The second-order valence-corrected chi connectivity index (χ2v) is 11.5. The van der Waals surface area contributed by atoms with Crippen LogP contribution in [0.1, 0.15) is 49.1 Å². The second kappa shape index (κ2) is 8.81. The van der Waals surface area contributed by atoms with E-state index < -0.39 is 10.0 Å². The molecule has 2 aliphatic heterocycles. The molecule has 2 fully saturated rings. The van der Waals surface area contributed by atoms with Crippen molar-refractivity contribution >= 4 is 15.7 Å². The van der Waals surface area contributed by atoms with Crippen molar-refractivity contribution in [2.24, 2.45) is 0 Å². The highest BCUT2D eigenvalue weighted by Gasteiger charge is 2.33. The number of hydrogen-bond acceptors (Lipinski definition) is 5. The fourth-order valence-corrected chi connectivity index (χ4v) is 7.11. The number of fused-ring (bicyclic) bond motifs is 1. The summed E-state index contributed by atoms with van der Waals surface area (Å²) in [7, 11) is -3.56. The number of rotatable bonds is 4. The highest BCUT2D eigenvalue weighted by molar-refractivity contribution is 7.89. The van der Waals surface area contributed by atoms with E-state index in [1.54, 1.807) is 16.6 Å². The Bertz CT molecular complexity index is 1270. The van der Waals surface area contributed by atoms with Gasteiger partial charge in [-0.25, -0.2) is 17.9 Å². The van der Waals surface area contributed by atoms with Crippen LogP contribution in [0.25, 0.3) is 16.8 Å². The molecule has 4 heterocycles.